The van der Waals surface area contributed by atoms with Gasteiger partial charge in [0, 0.05) is 29.6 Å². The van der Waals surface area contributed by atoms with Gasteiger partial charge in [-0.25, -0.2) is 14.5 Å². The lowest BCUT2D eigenvalue weighted by molar-refractivity contribution is -0.137. The number of aromatic nitrogens is 6. The average Bonchev–Trinajstić information content (AvgIpc) is 3.54. The molecule has 1 atom stereocenters. The zero-order valence-electron chi connectivity index (χ0n) is 17.6. The summed E-state index contributed by atoms with van der Waals surface area (Å²) >= 11 is 0. The summed E-state index contributed by atoms with van der Waals surface area (Å²) in [5.41, 5.74) is 3.51. The number of hydrogen-bond acceptors (Lipinski definition) is 8. The fraction of sp³-hybridized carbons (Fsp3) is 0.286. The molecule has 0 bridgehead atoms. The number of carbonyl (C=O) groups is 1. The number of anilines is 2. The van der Waals surface area contributed by atoms with Crippen LogP contribution >= 0.6 is 0 Å². The summed E-state index contributed by atoms with van der Waals surface area (Å²) in [5, 5.41) is 17.2. The van der Waals surface area contributed by atoms with Gasteiger partial charge in [0.15, 0.2) is 17.3 Å². The molecule has 1 amide bonds. The second-order valence-corrected chi connectivity index (χ2v) is 7.84. The Balaban J connectivity index is 1.26. The normalized spacial score (nSPS) is 17.5. The van der Waals surface area contributed by atoms with E-state index >= 15 is 0 Å². The molecule has 1 aliphatic heterocycles. The lowest BCUT2D eigenvalue weighted by atomic mass is 10.2. The first kappa shape index (κ1) is 20.1. The van der Waals surface area contributed by atoms with Gasteiger partial charge in [0.05, 0.1) is 24.7 Å². The number of rotatable bonds is 6. The first-order valence-electron chi connectivity index (χ1n) is 10.1. The van der Waals surface area contributed by atoms with Crippen molar-refractivity contribution >= 4 is 23.1 Å². The van der Waals surface area contributed by atoms with Gasteiger partial charge in [-0.2, -0.15) is 10.2 Å². The predicted octanol–water partition coefficient (Wildman–Crippen LogP) is 2.14. The van der Waals surface area contributed by atoms with Gasteiger partial charge >= 0.3 is 0 Å². The molecule has 164 valence electrons. The molecule has 32 heavy (non-hydrogen) atoms. The van der Waals surface area contributed by atoms with E-state index < -0.39 is 5.79 Å². The largest absolute Gasteiger partial charge is 0.349 e. The second kappa shape index (κ2) is 8.02. The smallest absolute Gasteiger partial charge is 0.251 e. The molecular formula is C21H22N8O3. The molecule has 1 aromatic carbocycles. The molecule has 0 radical (unpaired) electrons. The Hall–Kier alpha value is -3.83. The van der Waals surface area contributed by atoms with E-state index in [9.17, 15) is 4.79 Å². The highest BCUT2D eigenvalue weighted by Crippen LogP contribution is 2.24. The number of fused-ring (bicyclic) bond motifs is 1. The number of H-pyrrole nitrogens is 1. The summed E-state index contributed by atoms with van der Waals surface area (Å²) in [5.74, 6) is -0.233. The van der Waals surface area contributed by atoms with E-state index in [4.69, 9.17) is 9.47 Å². The first-order chi connectivity index (χ1) is 15.5. The van der Waals surface area contributed by atoms with Crippen LogP contribution in [0, 0.1) is 0 Å². The maximum absolute atomic E-state index is 12.5. The van der Waals surface area contributed by atoms with Crippen molar-refractivity contribution < 1.29 is 14.3 Å². The summed E-state index contributed by atoms with van der Waals surface area (Å²) in [6.45, 7) is 4.56. The van der Waals surface area contributed by atoms with Crippen LogP contribution in [0.3, 0.4) is 0 Å². The molecule has 1 unspecified atom stereocenters. The molecule has 1 saturated heterocycles. The molecule has 3 aromatic heterocycles. The van der Waals surface area contributed by atoms with Gasteiger partial charge in [-0.15, -0.1) is 0 Å². The van der Waals surface area contributed by atoms with Gasteiger partial charge in [0.25, 0.3) is 5.91 Å². The van der Waals surface area contributed by atoms with Gasteiger partial charge in [0.1, 0.15) is 12.4 Å². The van der Waals surface area contributed by atoms with Crippen LogP contribution in [-0.4, -0.2) is 60.7 Å². The second-order valence-electron chi connectivity index (χ2n) is 7.84. The molecule has 1 fully saturated rings. The zero-order valence-corrected chi connectivity index (χ0v) is 17.6. The van der Waals surface area contributed by atoms with Crippen LogP contribution in [0.5, 0.6) is 0 Å². The highest BCUT2D eigenvalue weighted by molar-refractivity contribution is 5.94. The van der Waals surface area contributed by atoms with Crippen molar-refractivity contribution in [2.75, 3.05) is 18.5 Å². The number of hydrogen-bond donors (Lipinski definition) is 3. The van der Waals surface area contributed by atoms with Crippen molar-refractivity contribution in [3.8, 4) is 11.3 Å². The Morgan fingerprint density at radius 1 is 1.25 bits per heavy atom. The van der Waals surface area contributed by atoms with Crippen molar-refractivity contribution in [2.45, 2.75) is 25.7 Å². The fourth-order valence-electron chi connectivity index (χ4n) is 3.51. The monoisotopic (exact) mass is 434 g/mol. The van der Waals surface area contributed by atoms with E-state index in [1.165, 1.54) is 6.33 Å². The third-order valence-corrected chi connectivity index (χ3v) is 5.07. The summed E-state index contributed by atoms with van der Waals surface area (Å²) in [6, 6.07) is 7.11. The van der Waals surface area contributed by atoms with Crippen LogP contribution in [0.1, 0.15) is 24.2 Å². The number of benzene rings is 1. The van der Waals surface area contributed by atoms with Crippen molar-refractivity contribution in [1.82, 2.24) is 35.1 Å². The number of aromatic amines is 1. The van der Waals surface area contributed by atoms with E-state index in [0.717, 1.165) is 16.9 Å². The Morgan fingerprint density at radius 3 is 2.81 bits per heavy atom. The van der Waals surface area contributed by atoms with E-state index in [1.807, 2.05) is 26.0 Å². The third kappa shape index (κ3) is 4.03. The summed E-state index contributed by atoms with van der Waals surface area (Å²) in [6.07, 6.45) is 6.48. The lowest BCUT2D eigenvalue weighted by Crippen LogP contribution is -2.34. The standard InChI is InChI=1S/C21H22N8O3/c1-21(2)31-11-16(32-21)9-23-20(30)13-3-5-15(6-4-13)28-18-19-24-12-27-29(19)17(10-22-18)14-7-25-26-8-14/h3-8,10,12,16H,9,11H2,1-2H3,(H,22,28)(H,23,30)(H,25,26). The molecule has 0 saturated carbocycles. The highest BCUT2D eigenvalue weighted by Gasteiger charge is 2.32. The first-order valence-corrected chi connectivity index (χ1v) is 10.1. The predicted molar refractivity (Wildman–Crippen MR) is 115 cm³/mol. The molecule has 1 aliphatic rings. The van der Waals surface area contributed by atoms with Gasteiger partial charge in [-0.1, -0.05) is 0 Å². The number of nitrogens with zero attached hydrogens (tertiary/aromatic N) is 5. The van der Waals surface area contributed by atoms with E-state index in [2.05, 4.69) is 35.9 Å². The van der Waals surface area contributed by atoms with Crippen molar-refractivity contribution in [3.63, 3.8) is 0 Å². The zero-order chi connectivity index (χ0) is 22.1. The van der Waals surface area contributed by atoms with Gasteiger partial charge < -0.3 is 20.1 Å². The van der Waals surface area contributed by atoms with E-state index in [1.54, 1.807) is 35.2 Å². The number of ether oxygens (including phenoxy) is 2. The van der Waals surface area contributed by atoms with E-state index in [-0.39, 0.29) is 12.0 Å². The number of nitrogens with one attached hydrogen (secondary N) is 3. The van der Waals surface area contributed by atoms with Crippen LogP contribution in [0.25, 0.3) is 16.9 Å². The summed E-state index contributed by atoms with van der Waals surface area (Å²) in [4.78, 5) is 21.3. The summed E-state index contributed by atoms with van der Waals surface area (Å²) < 4.78 is 12.9. The van der Waals surface area contributed by atoms with Crippen LogP contribution in [-0.2, 0) is 9.47 Å². The molecule has 3 N–H and O–H groups in total. The van der Waals surface area contributed by atoms with Gasteiger partial charge in [-0.3, -0.25) is 9.89 Å². The number of carbonyl (C=O) groups excluding carboxylic acids is 1. The Morgan fingerprint density at radius 2 is 2.09 bits per heavy atom. The molecule has 11 nitrogen and oxygen atoms in total. The van der Waals surface area contributed by atoms with Crippen molar-refractivity contribution in [2.24, 2.45) is 0 Å². The molecule has 4 aromatic rings. The van der Waals surface area contributed by atoms with Crippen molar-refractivity contribution in [3.05, 3.63) is 54.7 Å². The minimum atomic E-state index is -0.608. The van der Waals surface area contributed by atoms with Gasteiger partial charge in [-0.05, 0) is 38.1 Å². The molecule has 11 heteroatoms. The van der Waals surface area contributed by atoms with E-state index in [0.29, 0.717) is 30.2 Å². The highest BCUT2D eigenvalue weighted by atomic mass is 16.7. The third-order valence-electron chi connectivity index (χ3n) is 5.07. The summed E-state index contributed by atoms with van der Waals surface area (Å²) in [7, 11) is 0. The van der Waals surface area contributed by atoms with Crippen LogP contribution in [0.15, 0.2) is 49.2 Å². The molecule has 4 heterocycles. The topological polar surface area (TPSA) is 131 Å². The van der Waals surface area contributed by atoms with Crippen LogP contribution < -0.4 is 10.6 Å². The SMILES string of the molecule is CC1(C)OCC(CNC(=O)c2ccc(Nc3ncc(-c4cn[nH]c4)n4ncnc34)cc2)O1. The Labute approximate surface area is 183 Å². The van der Waals surface area contributed by atoms with Gasteiger partial charge in [0.2, 0.25) is 0 Å². The molecule has 0 spiro atoms. The molecule has 0 aliphatic carbocycles. The fourth-order valence-corrected chi connectivity index (χ4v) is 3.51. The van der Waals surface area contributed by atoms with Crippen LogP contribution in [0.2, 0.25) is 0 Å². The maximum atomic E-state index is 12.5. The Bertz CT molecular complexity index is 1230. The quantitative estimate of drug-likeness (QED) is 0.421. The van der Waals surface area contributed by atoms with Crippen LogP contribution in [0.4, 0.5) is 11.5 Å². The van der Waals surface area contributed by atoms with Crippen molar-refractivity contribution in [1.29, 1.82) is 0 Å². The lowest BCUT2D eigenvalue weighted by Gasteiger charge is -2.17. The maximum Gasteiger partial charge on any atom is 0.251 e. The average molecular weight is 434 g/mol. The number of amides is 1. The minimum Gasteiger partial charge on any atom is -0.349 e. The Kier molecular flexibility index (Phi) is 5.04. The minimum absolute atomic E-state index is 0.156. The molecule has 5 rings (SSSR count). The molecular weight excluding hydrogens is 412 g/mol.